The van der Waals surface area contributed by atoms with Gasteiger partial charge in [0.05, 0.1) is 26.0 Å². The first kappa shape index (κ1) is 16.8. The number of anilines is 1. The van der Waals surface area contributed by atoms with Crippen LogP contribution in [-0.2, 0) is 4.74 Å². The summed E-state index contributed by atoms with van der Waals surface area (Å²) < 4.78 is 12.4. The van der Waals surface area contributed by atoms with Crippen LogP contribution in [0.4, 0.5) is 5.82 Å². The van der Waals surface area contributed by atoms with E-state index in [1.54, 1.807) is 11.8 Å². The van der Waals surface area contributed by atoms with E-state index in [-0.39, 0.29) is 5.28 Å². The number of aromatic nitrogens is 4. The highest BCUT2D eigenvalue weighted by atomic mass is 35.5. The molecule has 0 N–H and O–H groups in total. The minimum absolute atomic E-state index is 0.197. The van der Waals surface area contributed by atoms with Gasteiger partial charge in [-0.15, -0.1) is 0 Å². The Labute approximate surface area is 156 Å². The van der Waals surface area contributed by atoms with Crippen molar-refractivity contribution in [3.63, 3.8) is 0 Å². The third kappa shape index (κ3) is 3.49. The fraction of sp³-hybridized carbons (Fsp3) is 0.278. The van der Waals surface area contributed by atoms with Gasteiger partial charge in [-0.2, -0.15) is 10.1 Å². The maximum absolute atomic E-state index is 6.14. The summed E-state index contributed by atoms with van der Waals surface area (Å²) >= 11 is 6.14. The van der Waals surface area contributed by atoms with Gasteiger partial charge in [0.15, 0.2) is 5.82 Å². The fourth-order valence-corrected chi connectivity index (χ4v) is 3.03. The van der Waals surface area contributed by atoms with Crippen molar-refractivity contribution in [3.05, 3.63) is 47.9 Å². The van der Waals surface area contributed by atoms with Crippen molar-refractivity contribution in [2.75, 3.05) is 38.3 Å². The number of nitrogens with zero attached hydrogens (tertiary/aromatic N) is 5. The van der Waals surface area contributed by atoms with Crippen molar-refractivity contribution < 1.29 is 9.47 Å². The molecule has 0 bridgehead atoms. The van der Waals surface area contributed by atoms with Gasteiger partial charge in [-0.1, -0.05) is 12.1 Å². The van der Waals surface area contributed by atoms with Gasteiger partial charge in [0.2, 0.25) is 5.28 Å². The number of benzene rings is 1. The molecule has 4 rings (SSSR count). The number of rotatable bonds is 4. The normalized spacial score (nSPS) is 14.5. The molecule has 2 aromatic heterocycles. The standard InChI is InChI=1S/C18H18ClN5O2/c1-25-14-4-2-3-13(11-14)15-5-6-24(22-15)17-12-16(20-18(19)21-17)23-7-9-26-10-8-23/h2-6,11-12H,7-10H2,1H3. The summed E-state index contributed by atoms with van der Waals surface area (Å²) in [5.74, 6) is 2.19. The van der Waals surface area contributed by atoms with Crippen molar-refractivity contribution in [1.82, 2.24) is 19.7 Å². The molecule has 26 heavy (non-hydrogen) atoms. The van der Waals surface area contributed by atoms with E-state index in [0.29, 0.717) is 19.0 Å². The lowest BCUT2D eigenvalue weighted by Crippen LogP contribution is -2.36. The maximum atomic E-state index is 6.14. The molecule has 3 aromatic rings. The molecule has 1 aliphatic rings. The number of morpholine rings is 1. The van der Waals surface area contributed by atoms with Gasteiger partial charge in [0.1, 0.15) is 11.6 Å². The summed E-state index contributed by atoms with van der Waals surface area (Å²) in [5.41, 5.74) is 1.79. The lowest BCUT2D eigenvalue weighted by Gasteiger charge is -2.27. The van der Waals surface area contributed by atoms with Crippen molar-refractivity contribution in [2.45, 2.75) is 0 Å². The summed E-state index contributed by atoms with van der Waals surface area (Å²) in [6.45, 7) is 2.92. The highest BCUT2D eigenvalue weighted by Crippen LogP contribution is 2.24. The van der Waals surface area contributed by atoms with E-state index in [1.807, 2.05) is 42.6 Å². The second-order valence-electron chi connectivity index (χ2n) is 5.83. The summed E-state index contributed by atoms with van der Waals surface area (Å²) in [4.78, 5) is 10.8. The van der Waals surface area contributed by atoms with Crippen molar-refractivity contribution in [1.29, 1.82) is 0 Å². The summed E-state index contributed by atoms with van der Waals surface area (Å²) in [7, 11) is 1.65. The van der Waals surface area contributed by atoms with Crippen LogP contribution >= 0.6 is 11.6 Å². The second kappa shape index (κ2) is 7.31. The van der Waals surface area contributed by atoms with Crippen molar-refractivity contribution >= 4 is 17.4 Å². The van der Waals surface area contributed by atoms with Gasteiger partial charge >= 0.3 is 0 Å². The van der Waals surface area contributed by atoms with E-state index in [1.165, 1.54) is 0 Å². The minimum Gasteiger partial charge on any atom is -0.497 e. The number of ether oxygens (including phenoxy) is 2. The van der Waals surface area contributed by atoms with Crippen LogP contribution < -0.4 is 9.64 Å². The van der Waals surface area contributed by atoms with Crippen LogP contribution in [0.2, 0.25) is 5.28 Å². The SMILES string of the molecule is COc1cccc(-c2ccn(-c3cc(N4CCOCC4)nc(Cl)n3)n2)c1. The molecule has 0 spiro atoms. The molecule has 0 saturated carbocycles. The number of halogens is 1. The van der Waals surface area contributed by atoms with E-state index in [2.05, 4.69) is 20.0 Å². The number of hydrogen-bond acceptors (Lipinski definition) is 6. The largest absolute Gasteiger partial charge is 0.497 e. The van der Waals surface area contributed by atoms with E-state index in [4.69, 9.17) is 21.1 Å². The van der Waals surface area contributed by atoms with E-state index in [0.717, 1.165) is 35.9 Å². The quantitative estimate of drug-likeness (QED) is 0.657. The fourth-order valence-electron chi connectivity index (χ4n) is 2.85. The molecule has 0 amide bonds. The molecule has 3 heterocycles. The molecular formula is C18H18ClN5O2. The average Bonchev–Trinajstić information content (AvgIpc) is 3.19. The highest BCUT2D eigenvalue weighted by molar-refractivity contribution is 6.28. The zero-order valence-corrected chi connectivity index (χ0v) is 15.1. The molecule has 7 nitrogen and oxygen atoms in total. The minimum atomic E-state index is 0.197. The van der Waals surface area contributed by atoms with Crippen molar-refractivity contribution in [2.24, 2.45) is 0 Å². The maximum Gasteiger partial charge on any atom is 0.226 e. The van der Waals surface area contributed by atoms with Crippen LogP contribution in [0.5, 0.6) is 5.75 Å². The van der Waals surface area contributed by atoms with Crippen LogP contribution in [-0.4, -0.2) is 53.2 Å². The molecule has 1 saturated heterocycles. The smallest absolute Gasteiger partial charge is 0.226 e. The van der Waals surface area contributed by atoms with Crippen LogP contribution in [0, 0.1) is 0 Å². The van der Waals surface area contributed by atoms with Crippen LogP contribution in [0.15, 0.2) is 42.6 Å². The molecular weight excluding hydrogens is 354 g/mol. The number of methoxy groups -OCH3 is 1. The third-order valence-corrected chi connectivity index (χ3v) is 4.37. The van der Waals surface area contributed by atoms with Gasteiger partial charge in [0.25, 0.3) is 0 Å². The molecule has 0 aliphatic carbocycles. The Morgan fingerprint density at radius 2 is 1.88 bits per heavy atom. The molecule has 1 fully saturated rings. The van der Waals surface area contributed by atoms with E-state index < -0.39 is 0 Å². The van der Waals surface area contributed by atoms with Gasteiger partial charge in [-0.05, 0) is 29.8 Å². The van der Waals surface area contributed by atoms with Gasteiger partial charge in [0, 0.05) is 30.9 Å². The van der Waals surface area contributed by atoms with Crippen molar-refractivity contribution in [3.8, 4) is 22.8 Å². The predicted molar refractivity (Wildman–Crippen MR) is 99.2 cm³/mol. The Hall–Kier alpha value is -2.64. The molecule has 0 unspecified atom stereocenters. The Morgan fingerprint density at radius 1 is 1.08 bits per heavy atom. The van der Waals surface area contributed by atoms with E-state index in [9.17, 15) is 0 Å². The summed E-state index contributed by atoms with van der Waals surface area (Å²) in [5, 5.41) is 4.82. The summed E-state index contributed by atoms with van der Waals surface area (Å²) in [6.07, 6.45) is 1.86. The average molecular weight is 372 g/mol. The van der Waals surface area contributed by atoms with Gasteiger partial charge < -0.3 is 14.4 Å². The van der Waals surface area contributed by atoms with Gasteiger partial charge in [-0.3, -0.25) is 0 Å². The third-order valence-electron chi connectivity index (χ3n) is 4.20. The molecule has 8 heteroatoms. The molecule has 0 radical (unpaired) electrons. The highest BCUT2D eigenvalue weighted by Gasteiger charge is 2.16. The Bertz CT molecular complexity index is 908. The molecule has 1 aromatic carbocycles. The predicted octanol–water partition coefficient (Wildman–Crippen LogP) is 2.83. The summed E-state index contributed by atoms with van der Waals surface area (Å²) in [6, 6.07) is 11.6. The lowest BCUT2D eigenvalue weighted by atomic mass is 10.1. The van der Waals surface area contributed by atoms with Crippen LogP contribution in [0.3, 0.4) is 0 Å². The first-order valence-electron chi connectivity index (χ1n) is 8.31. The molecule has 134 valence electrons. The molecule has 1 aliphatic heterocycles. The van der Waals surface area contributed by atoms with Crippen LogP contribution in [0.1, 0.15) is 0 Å². The second-order valence-corrected chi connectivity index (χ2v) is 6.17. The first-order chi connectivity index (χ1) is 12.7. The number of hydrogen-bond donors (Lipinski definition) is 0. The zero-order valence-electron chi connectivity index (χ0n) is 14.3. The topological polar surface area (TPSA) is 65.3 Å². The van der Waals surface area contributed by atoms with Gasteiger partial charge in [-0.25, -0.2) is 9.67 Å². The Kier molecular flexibility index (Phi) is 4.73. The van der Waals surface area contributed by atoms with E-state index >= 15 is 0 Å². The monoisotopic (exact) mass is 371 g/mol. The zero-order chi connectivity index (χ0) is 17.9. The molecule has 0 atom stereocenters. The Balaban J connectivity index is 1.65. The van der Waals surface area contributed by atoms with Crippen LogP contribution in [0.25, 0.3) is 17.1 Å². The first-order valence-corrected chi connectivity index (χ1v) is 8.68. The Morgan fingerprint density at radius 3 is 2.69 bits per heavy atom. The lowest BCUT2D eigenvalue weighted by molar-refractivity contribution is 0.122.